The SMILES string of the molecule is CC(C)OCCOCCCCCCCCCCCCCc1cccc(F)c1. The van der Waals surface area contributed by atoms with E-state index < -0.39 is 0 Å². The molecule has 0 spiro atoms. The highest BCUT2D eigenvalue weighted by atomic mass is 19.1. The van der Waals surface area contributed by atoms with E-state index in [4.69, 9.17) is 9.47 Å². The van der Waals surface area contributed by atoms with Crippen LogP contribution in [0.2, 0.25) is 0 Å². The molecule has 27 heavy (non-hydrogen) atoms. The van der Waals surface area contributed by atoms with Gasteiger partial charge in [-0.2, -0.15) is 0 Å². The van der Waals surface area contributed by atoms with Gasteiger partial charge >= 0.3 is 0 Å². The van der Waals surface area contributed by atoms with E-state index >= 15 is 0 Å². The second kappa shape index (κ2) is 17.2. The molecule has 1 aromatic carbocycles. The van der Waals surface area contributed by atoms with Crippen molar-refractivity contribution in [1.82, 2.24) is 0 Å². The largest absolute Gasteiger partial charge is 0.379 e. The van der Waals surface area contributed by atoms with Crippen LogP contribution in [-0.4, -0.2) is 25.9 Å². The van der Waals surface area contributed by atoms with Gasteiger partial charge in [-0.3, -0.25) is 0 Å². The molecule has 156 valence electrons. The van der Waals surface area contributed by atoms with Crippen LogP contribution in [0.15, 0.2) is 24.3 Å². The second-order valence-electron chi connectivity index (χ2n) is 7.80. The summed E-state index contributed by atoms with van der Waals surface area (Å²) in [5, 5.41) is 0. The van der Waals surface area contributed by atoms with Crippen molar-refractivity contribution >= 4 is 0 Å². The molecule has 0 N–H and O–H groups in total. The first kappa shape index (κ1) is 24.1. The number of halogens is 1. The van der Waals surface area contributed by atoms with Crippen LogP contribution in [0.4, 0.5) is 4.39 Å². The van der Waals surface area contributed by atoms with Crippen LogP contribution in [0.25, 0.3) is 0 Å². The summed E-state index contributed by atoms with van der Waals surface area (Å²) in [4.78, 5) is 0. The average molecular weight is 381 g/mol. The van der Waals surface area contributed by atoms with Crippen LogP contribution >= 0.6 is 0 Å². The van der Waals surface area contributed by atoms with Crippen molar-refractivity contribution in [1.29, 1.82) is 0 Å². The molecule has 0 saturated heterocycles. The summed E-state index contributed by atoms with van der Waals surface area (Å²) in [7, 11) is 0. The minimum atomic E-state index is -0.115. The fourth-order valence-corrected chi connectivity index (χ4v) is 3.26. The third-order valence-corrected chi connectivity index (χ3v) is 4.82. The molecule has 2 nitrogen and oxygen atoms in total. The first-order valence-corrected chi connectivity index (χ1v) is 11.1. The zero-order chi connectivity index (χ0) is 19.6. The van der Waals surface area contributed by atoms with Gasteiger partial charge in [0.15, 0.2) is 0 Å². The van der Waals surface area contributed by atoms with Crippen LogP contribution in [-0.2, 0) is 15.9 Å². The zero-order valence-electron chi connectivity index (χ0n) is 17.7. The third-order valence-electron chi connectivity index (χ3n) is 4.82. The highest BCUT2D eigenvalue weighted by Gasteiger charge is 1.97. The van der Waals surface area contributed by atoms with Crippen LogP contribution in [0, 0.1) is 5.82 Å². The third kappa shape index (κ3) is 15.8. The van der Waals surface area contributed by atoms with Gasteiger partial charge in [0.05, 0.1) is 19.3 Å². The standard InChI is InChI=1S/C24H41FO2/c1-22(2)27-20-19-26-18-13-11-9-7-5-3-4-6-8-10-12-15-23-16-14-17-24(25)21-23/h14,16-17,21-22H,3-13,15,18-20H2,1-2H3. The van der Waals surface area contributed by atoms with Crippen molar-refractivity contribution in [2.45, 2.75) is 97.0 Å². The highest BCUT2D eigenvalue weighted by molar-refractivity contribution is 5.16. The molecule has 0 aliphatic rings. The molecule has 0 heterocycles. The minimum Gasteiger partial charge on any atom is -0.379 e. The Morgan fingerprint density at radius 3 is 1.93 bits per heavy atom. The molecular weight excluding hydrogens is 339 g/mol. The Morgan fingerprint density at radius 1 is 0.741 bits per heavy atom. The normalized spacial score (nSPS) is 11.4. The van der Waals surface area contributed by atoms with Crippen molar-refractivity contribution in [3.8, 4) is 0 Å². The molecule has 1 aromatic rings. The minimum absolute atomic E-state index is 0.115. The molecule has 0 radical (unpaired) electrons. The van der Waals surface area contributed by atoms with Crippen molar-refractivity contribution in [3.05, 3.63) is 35.6 Å². The summed E-state index contributed by atoms with van der Waals surface area (Å²) in [6, 6.07) is 7.01. The van der Waals surface area contributed by atoms with E-state index in [2.05, 4.69) is 13.8 Å². The van der Waals surface area contributed by atoms with Gasteiger partial charge in [0.25, 0.3) is 0 Å². The molecule has 0 bridgehead atoms. The van der Waals surface area contributed by atoms with Gasteiger partial charge in [-0.05, 0) is 50.8 Å². The van der Waals surface area contributed by atoms with Gasteiger partial charge in [-0.1, -0.05) is 69.9 Å². The maximum Gasteiger partial charge on any atom is 0.123 e. The maximum atomic E-state index is 13.1. The predicted octanol–water partition coefficient (Wildman–Crippen LogP) is 7.10. The monoisotopic (exact) mass is 380 g/mol. The molecular formula is C24H41FO2. The van der Waals surface area contributed by atoms with Crippen molar-refractivity contribution < 1.29 is 13.9 Å². The summed E-state index contributed by atoms with van der Waals surface area (Å²) in [6.45, 7) is 6.41. The average Bonchev–Trinajstić information content (AvgIpc) is 2.64. The number of aryl methyl sites for hydroxylation is 1. The van der Waals surface area contributed by atoms with Gasteiger partial charge < -0.3 is 9.47 Å². The Morgan fingerprint density at radius 2 is 1.33 bits per heavy atom. The lowest BCUT2D eigenvalue weighted by atomic mass is 10.0. The first-order valence-electron chi connectivity index (χ1n) is 11.1. The Hall–Kier alpha value is -0.930. The van der Waals surface area contributed by atoms with E-state index in [0.29, 0.717) is 12.7 Å². The number of hydrogen-bond acceptors (Lipinski definition) is 2. The molecule has 0 saturated carbocycles. The van der Waals surface area contributed by atoms with E-state index in [-0.39, 0.29) is 5.82 Å². The van der Waals surface area contributed by atoms with Crippen molar-refractivity contribution in [2.75, 3.05) is 19.8 Å². The molecule has 0 aliphatic heterocycles. The van der Waals surface area contributed by atoms with E-state index in [1.807, 2.05) is 6.07 Å². The smallest absolute Gasteiger partial charge is 0.123 e. The second-order valence-corrected chi connectivity index (χ2v) is 7.80. The quantitative estimate of drug-likeness (QED) is 0.253. The molecule has 0 amide bonds. The van der Waals surface area contributed by atoms with E-state index in [9.17, 15) is 4.39 Å². The maximum absolute atomic E-state index is 13.1. The lowest BCUT2D eigenvalue weighted by molar-refractivity contribution is 0.0186. The van der Waals surface area contributed by atoms with Crippen LogP contribution in [0.1, 0.15) is 90.0 Å². The van der Waals surface area contributed by atoms with Gasteiger partial charge in [-0.25, -0.2) is 4.39 Å². The number of ether oxygens (including phenoxy) is 2. The first-order chi connectivity index (χ1) is 13.2. The van der Waals surface area contributed by atoms with Gasteiger partial charge in [-0.15, -0.1) is 0 Å². The lowest BCUT2D eigenvalue weighted by Gasteiger charge is -2.08. The molecule has 0 aromatic heterocycles. The van der Waals surface area contributed by atoms with Gasteiger partial charge in [0.1, 0.15) is 5.82 Å². The van der Waals surface area contributed by atoms with Gasteiger partial charge in [0, 0.05) is 6.61 Å². The molecule has 0 aliphatic carbocycles. The number of unbranched alkanes of at least 4 members (excludes halogenated alkanes) is 10. The lowest BCUT2D eigenvalue weighted by Crippen LogP contribution is -2.10. The fourth-order valence-electron chi connectivity index (χ4n) is 3.26. The summed E-state index contributed by atoms with van der Waals surface area (Å²) < 4.78 is 24.1. The summed E-state index contributed by atoms with van der Waals surface area (Å²) in [6.07, 6.45) is 15.6. The van der Waals surface area contributed by atoms with Crippen LogP contribution < -0.4 is 0 Å². The molecule has 0 unspecified atom stereocenters. The Kier molecular flexibility index (Phi) is 15.3. The van der Waals surface area contributed by atoms with E-state index in [1.54, 1.807) is 12.1 Å². The number of hydrogen-bond donors (Lipinski definition) is 0. The summed E-state index contributed by atoms with van der Waals surface area (Å²) in [5.41, 5.74) is 1.13. The van der Waals surface area contributed by atoms with E-state index in [1.165, 1.54) is 76.7 Å². The molecule has 3 heteroatoms. The Balaban J connectivity index is 1.73. The molecule has 0 atom stereocenters. The fraction of sp³-hybridized carbons (Fsp3) is 0.750. The predicted molar refractivity (Wildman–Crippen MR) is 113 cm³/mol. The van der Waals surface area contributed by atoms with Crippen LogP contribution in [0.5, 0.6) is 0 Å². The summed E-state index contributed by atoms with van der Waals surface area (Å²) >= 11 is 0. The highest BCUT2D eigenvalue weighted by Crippen LogP contribution is 2.13. The van der Waals surface area contributed by atoms with Gasteiger partial charge in [0.2, 0.25) is 0 Å². The zero-order valence-corrected chi connectivity index (χ0v) is 17.7. The van der Waals surface area contributed by atoms with Crippen molar-refractivity contribution in [3.63, 3.8) is 0 Å². The van der Waals surface area contributed by atoms with Crippen LogP contribution in [0.3, 0.4) is 0 Å². The number of rotatable bonds is 18. The topological polar surface area (TPSA) is 18.5 Å². The number of benzene rings is 1. The molecule has 1 rings (SSSR count). The van der Waals surface area contributed by atoms with Crippen molar-refractivity contribution in [2.24, 2.45) is 0 Å². The Bertz CT molecular complexity index is 448. The Labute approximate surface area is 166 Å². The molecule has 0 fully saturated rings. The summed E-state index contributed by atoms with van der Waals surface area (Å²) in [5.74, 6) is -0.115. The van der Waals surface area contributed by atoms with E-state index in [0.717, 1.165) is 25.2 Å².